The fourth-order valence-electron chi connectivity index (χ4n) is 5.25. The Labute approximate surface area is 178 Å². The van der Waals surface area contributed by atoms with Crippen molar-refractivity contribution in [1.82, 2.24) is 0 Å². The highest BCUT2D eigenvalue weighted by molar-refractivity contribution is 5.90. The molecule has 4 rings (SSSR count). The number of rotatable bonds is 7. The topological polar surface area (TPSA) is 78.9 Å². The standard InChI is InChI=1S/C21H28F4O6/c1-18(2,3)15(26)29-4-5-30-16(27)20(22,23)21(24,25)17(28)31-19-9-12-6-13(10-19)8-14(7-12)11-19/h12-14H,4-11H2,1-3H3. The maximum absolute atomic E-state index is 14.3. The van der Waals surface area contributed by atoms with Crippen molar-refractivity contribution in [1.29, 1.82) is 0 Å². The van der Waals surface area contributed by atoms with Gasteiger partial charge in [0.25, 0.3) is 0 Å². The third-order valence-corrected chi connectivity index (χ3v) is 6.36. The lowest BCUT2D eigenvalue weighted by atomic mass is 9.54. The van der Waals surface area contributed by atoms with Gasteiger partial charge in [-0.1, -0.05) is 0 Å². The molecule has 4 saturated carbocycles. The van der Waals surface area contributed by atoms with Crippen molar-refractivity contribution in [2.24, 2.45) is 23.2 Å². The van der Waals surface area contributed by atoms with E-state index in [0.29, 0.717) is 19.3 Å². The van der Waals surface area contributed by atoms with Crippen molar-refractivity contribution in [3.8, 4) is 0 Å². The quantitative estimate of drug-likeness (QED) is 0.252. The van der Waals surface area contributed by atoms with E-state index in [1.54, 1.807) is 20.8 Å². The molecule has 4 aliphatic rings. The number of alkyl halides is 4. The fourth-order valence-corrected chi connectivity index (χ4v) is 5.25. The molecule has 0 amide bonds. The second-order valence-corrected chi connectivity index (χ2v) is 10.2. The molecule has 4 fully saturated rings. The first-order chi connectivity index (χ1) is 14.2. The van der Waals surface area contributed by atoms with Crippen LogP contribution in [0.4, 0.5) is 17.6 Å². The Morgan fingerprint density at radius 2 is 1.13 bits per heavy atom. The van der Waals surface area contributed by atoms with Gasteiger partial charge < -0.3 is 14.2 Å². The van der Waals surface area contributed by atoms with E-state index < -0.39 is 54.0 Å². The maximum atomic E-state index is 14.3. The number of halogens is 4. The van der Waals surface area contributed by atoms with E-state index >= 15 is 0 Å². The van der Waals surface area contributed by atoms with Gasteiger partial charge in [0.2, 0.25) is 0 Å². The van der Waals surface area contributed by atoms with Crippen LogP contribution in [0.2, 0.25) is 0 Å². The summed E-state index contributed by atoms with van der Waals surface area (Å²) in [5.74, 6) is -15.7. The zero-order valence-electron chi connectivity index (χ0n) is 17.9. The molecule has 0 saturated heterocycles. The van der Waals surface area contributed by atoms with Gasteiger partial charge in [0.05, 0.1) is 5.41 Å². The van der Waals surface area contributed by atoms with Crippen LogP contribution in [0.1, 0.15) is 59.3 Å². The molecule has 0 radical (unpaired) electrons. The van der Waals surface area contributed by atoms with E-state index in [0.717, 1.165) is 19.3 Å². The number of hydrogen-bond acceptors (Lipinski definition) is 6. The summed E-state index contributed by atoms with van der Waals surface area (Å²) in [6.07, 6.45) is 3.97. The predicted molar refractivity (Wildman–Crippen MR) is 98.3 cm³/mol. The summed E-state index contributed by atoms with van der Waals surface area (Å²) in [5, 5.41) is 0. The summed E-state index contributed by atoms with van der Waals surface area (Å²) >= 11 is 0. The predicted octanol–water partition coefficient (Wildman–Crippen LogP) is 3.90. The zero-order chi connectivity index (χ0) is 23.2. The second-order valence-electron chi connectivity index (χ2n) is 10.2. The fraction of sp³-hybridized carbons (Fsp3) is 0.857. The maximum Gasteiger partial charge on any atom is 0.415 e. The van der Waals surface area contributed by atoms with E-state index in [2.05, 4.69) is 4.74 Å². The van der Waals surface area contributed by atoms with Crippen LogP contribution in [0.5, 0.6) is 0 Å². The van der Waals surface area contributed by atoms with Crippen molar-refractivity contribution in [2.45, 2.75) is 76.7 Å². The SMILES string of the molecule is CC(C)(C)C(=O)OCCOC(=O)C(F)(F)C(F)(F)C(=O)OC12CC3CC(CC(C3)C1)C2. The molecule has 0 heterocycles. The average Bonchev–Trinajstić information content (AvgIpc) is 2.62. The molecule has 0 atom stereocenters. The van der Waals surface area contributed by atoms with Gasteiger partial charge in [-0.15, -0.1) is 0 Å². The molecule has 6 nitrogen and oxygen atoms in total. The van der Waals surface area contributed by atoms with Gasteiger partial charge in [-0.25, -0.2) is 9.59 Å². The van der Waals surface area contributed by atoms with Crippen molar-refractivity contribution >= 4 is 17.9 Å². The Morgan fingerprint density at radius 1 is 0.742 bits per heavy atom. The molecule has 0 N–H and O–H groups in total. The normalized spacial score (nSPS) is 30.1. The second kappa shape index (κ2) is 7.92. The van der Waals surface area contributed by atoms with Gasteiger partial charge >= 0.3 is 29.8 Å². The molecule has 0 spiro atoms. The number of carbonyl (C=O) groups excluding carboxylic acids is 3. The molecule has 0 unspecified atom stereocenters. The molecule has 0 aromatic carbocycles. The first kappa shape index (κ1) is 23.8. The first-order valence-electron chi connectivity index (χ1n) is 10.5. The molecule has 4 aliphatic carbocycles. The molecule has 4 bridgehead atoms. The van der Waals surface area contributed by atoms with Gasteiger partial charge in [0.1, 0.15) is 18.8 Å². The van der Waals surface area contributed by atoms with Gasteiger partial charge in [0, 0.05) is 0 Å². The van der Waals surface area contributed by atoms with E-state index in [1.165, 1.54) is 0 Å². The lowest BCUT2D eigenvalue weighted by Crippen LogP contribution is -2.58. The molecular formula is C21H28F4O6. The monoisotopic (exact) mass is 452 g/mol. The molecule has 0 aromatic rings. The molecule has 0 aliphatic heterocycles. The Kier molecular flexibility index (Phi) is 6.08. The van der Waals surface area contributed by atoms with Crippen LogP contribution in [-0.4, -0.2) is 48.6 Å². The van der Waals surface area contributed by atoms with Gasteiger partial charge in [-0.2, -0.15) is 17.6 Å². The third-order valence-electron chi connectivity index (χ3n) is 6.36. The lowest BCUT2D eigenvalue weighted by Gasteiger charge is -2.55. The lowest BCUT2D eigenvalue weighted by molar-refractivity contribution is -0.253. The summed E-state index contributed by atoms with van der Waals surface area (Å²) in [4.78, 5) is 35.3. The van der Waals surface area contributed by atoms with Gasteiger partial charge in [0.15, 0.2) is 0 Å². The van der Waals surface area contributed by atoms with E-state index in [9.17, 15) is 31.9 Å². The van der Waals surface area contributed by atoms with Crippen LogP contribution in [0, 0.1) is 23.2 Å². The van der Waals surface area contributed by atoms with Gasteiger partial charge in [-0.3, -0.25) is 4.79 Å². The average molecular weight is 452 g/mol. The highest BCUT2D eigenvalue weighted by atomic mass is 19.3. The van der Waals surface area contributed by atoms with E-state index in [-0.39, 0.29) is 17.8 Å². The summed E-state index contributed by atoms with van der Waals surface area (Å²) in [6, 6.07) is 0. The Balaban J connectivity index is 1.57. The summed E-state index contributed by atoms with van der Waals surface area (Å²) < 4.78 is 70.8. The van der Waals surface area contributed by atoms with Crippen LogP contribution < -0.4 is 0 Å². The highest BCUT2D eigenvalue weighted by Crippen LogP contribution is 2.57. The molecular weight excluding hydrogens is 424 g/mol. The summed E-state index contributed by atoms with van der Waals surface area (Å²) in [7, 11) is 0. The largest absolute Gasteiger partial charge is 0.462 e. The highest BCUT2D eigenvalue weighted by Gasteiger charge is 2.70. The summed E-state index contributed by atoms with van der Waals surface area (Å²) in [5.41, 5.74) is -2.03. The number of esters is 3. The molecule has 31 heavy (non-hydrogen) atoms. The number of ether oxygens (including phenoxy) is 3. The van der Waals surface area contributed by atoms with Crippen molar-refractivity contribution in [2.75, 3.05) is 13.2 Å². The molecule has 0 aromatic heterocycles. The third kappa shape index (κ3) is 4.67. The summed E-state index contributed by atoms with van der Waals surface area (Å²) in [6.45, 7) is 3.21. The minimum atomic E-state index is -5.42. The van der Waals surface area contributed by atoms with Crippen LogP contribution in [0.25, 0.3) is 0 Å². The zero-order valence-corrected chi connectivity index (χ0v) is 17.9. The Hall–Kier alpha value is -1.87. The van der Waals surface area contributed by atoms with Crippen LogP contribution in [-0.2, 0) is 28.6 Å². The smallest absolute Gasteiger partial charge is 0.415 e. The van der Waals surface area contributed by atoms with Crippen LogP contribution >= 0.6 is 0 Å². The van der Waals surface area contributed by atoms with Crippen LogP contribution in [0.15, 0.2) is 0 Å². The minimum absolute atomic E-state index is 0.244. The first-order valence-corrected chi connectivity index (χ1v) is 10.5. The number of hydrogen-bond donors (Lipinski definition) is 0. The Bertz CT molecular complexity index is 707. The van der Waals surface area contributed by atoms with Gasteiger partial charge in [-0.05, 0) is 77.0 Å². The Morgan fingerprint density at radius 3 is 1.55 bits per heavy atom. The minimum Gasteiger partial charge on any atom is -0.462 e. The van der Waals surface area contributed by atoms with Crippen molar-refractivity contribution in [3.05, 3.63) is 0 Å². The molecule has 10 heteroatoms. The van der Waals surface area contributed by atoms with E-state index in [4.69, 9.17) is 9.47 Å². The number of carbonyl (C=O) groups is 3. The van der Waals surface area contributed by atoms with E-state index in [1.807, 2.05) is 0 Å². The van der Waals surface area contributed by atoms with Crippen molar-refractivity contribution < 1.29 is 46.2 Å². The van der Waals surface area contributed by atoms with Crippen LogP contribution in [0.3, 0.4) is 0 Å². The molecule has 176 valence electrons. The van der Waals surface area contributed by atoms with Crippen molar-refractivity contribution in [3.63, 3.8) is 0 Å².